The number of carboxylic acids is 1. The Morgan fingerprint density at radius 3 is 2.57 bits per heavy atom. The third-order valence-corrected chi connectivity index (χ3v) is 2.61. The lowest BCUT2D eigenvalue weighted by Gasteiger charge is -2.09. The molecular weight excluding hydrogens is 196 g/mol. The number of hydrogen-bond acceptors (Lipinski definition) is 2. The zero-order valence-corrected chi connectivity index (χ0v) is 8.78. The maximum Gasteiger partial charge on any atom is 0.303 e. The molecule has 0 fully saturated rings. The zero-order chi connectivity index (χ0) is 10.4. The molecule has 0 radical (unpaired) electrons. The summed E-state index contributed by atoms with van der Waals surface area (Å²) >= 11 is 4.43. The van der Waals surface area contributed by atoms with Gasteiger partial charge in [-0.1, -0.05) is 30.3 Å². The minimum atomic E-state index is -0.737. The van der Waals surface area contributed by atoms with E-state index in [4.69, 9.17) is 5.11 Å². The Hall–Kier alpha value is -0.960. The van der Waals surface area contributed by atoms with E-state index in [9.17, 15) is 4.79 Å². The third kappa shape index (κ3) is 3.83. The summed E-state index contributed by atoms with van der Waals surface area (Å²) in [5, 5.41) is 8.62. The van der Waals surface area contributed by atoms with Gasteiger partial charge in [-0.3, -0.25) is 4.79 Å². The Labute approximate surface area is 89.4 Å². The number of thiol groups is 1. The van der Waals surface area contributed by atoms with Crippen molar-refractivity contribution in [2.45, 2.75) is 24.5 Å². The van der Waals surface area contributed by atoms with Crippen LogP contribution in [0.2, 0.25) is 0 Å². The molecule has 0 heterocycles. The fraction of sp³-hybridized carbons (Fsp3) is 0.364. The molecule has 1 aromatic carbocycles. The summed E-state index contributed by atoms with van der Waals surface area (Å²) in [6.07, 6.45) is 1.71. The topological polar surface area (TPSA) is 37.3 Å². The van der Waals surface area contributed by atoms with Crippen molar-refractivity contribution in [3.8, 4) is 0 Å². The Morgan fingerprint density at radius 1 is 1.36 bits per heavy atom. The van der Waals surface area contributed by atoms with Crippen LogP contribution in [0.15, 0.2) is 30.3 Å². The molecule has 1 atom stereocenters. The highest BCUT2D eigenvalue weighted by atomic mass is 32.1. The molecule has 0 aliphatic heterocycles. The highest BCUT2D eigenvalue weighted by Gasteiger charge is 2.06. The molecule has 1 unspecified atom stereocenters. The molecule has 2 nitrogen and oxygen atoms in total. The lowest BCUT2D eigenvalue weighted by atomic mass is 10.1. The van der Waals surface area contributed by atoms with Crippen LogP contribution in [-0.4, -0.2) is 11.1 Å². The Morgan fingerprint density at radius 2 is 2.00 bits per heavy atom. The van der Waals surface area contributed by atoms with Gasteiger partial charge in [0.1, 0.15) is 0 Å². The van der Waals surface area contributed by atoms with Crippen molar-refractivity contribution in [3.63, 3.8) is 0 Å². The first-order chi connectivity index (χ1) is 6.70. The number of carbonyl (C=O) groups is 1. The van der Waals surface area contributed by atoms with Crippen LogP contribution in [0.4, 0.5) is 0 Å². The third-order valence-electron chi connectivity index (χ3n) is 2.05. The van der Waals surface area contributed by atoms with Crippen molar-refractivity contribution in [2.24, 2.45) is 0 Å². The molecule has 0 aromatic heterocycles. The van der Waals surface area contributed by atoms with E-state index in [0.29, 0.717) is 6.42 Å². The number of benzene rings is 1. The summed E-state index contributed by atoms with van der Waals surface area (Å²) in [7, 11) is 0. The summed E-state index contributed by atoms with van der Waals surface area (Å²) in [4.78, 5) is 10.3. The van der Waals surface area contributed by atoms with Gasteiger partial charge in [0, 0.05) is 11.7 Å². The van der Waals surface area contributed by atoms with Gasteiger partial charge in [-0.05, 0) is 18.4 Å². The van der Waals surface area contributed by atoms with Gasteiger partial charge in [0.25, 0.3) is 0 Å². The number of hydrogen-bond donors (Lipinski definition) is 2. The molecule has 0 saturated heterocycles. The van der Waals surface area contributed by atoms with Crippen LogP contribution in [0, 0.1) is 0 Å². The maximum absolute atomic E-state index is 10.3. The van der Waals surface area contributed by atoms with Crippen LogP contribution in [0.1, 0.15) is 30.1 Å². The average Bonchev–Trinajstić information content (AvgIpc) is 2.18. The van der Waals surface area contributed by atoms with E-state index in [-0.39, 0.29) is 11.7 Å². The monoisotopic (exact) mass is 210 g/mol. The van der Waals surface area contributed by atoms with Crippen molar-refractivity contribution in [2.75, 3.05) is 0 Å². The highest BCUT2D eigenvalue weighted by Crippen LogP contribution is 2.25. The lowest BCUT2D eigenvalue weighted by molar-refractivity contribution is -0.137. The van der Waals surface area contributed by atoms with Crippen molar-refractivity contribution in [1.82, 2.24) is 0 Å². The van der Waals surface area contributed by atoms with E-state index in [1.165, 1.54) is 0 Å². The first-order valence-corrected chi connectivity index (χ1v) is 5.16. The summed E-state index contributed by atoms with van der Waals surface area (Å²) in [5.41, 5.74) is 1.15. The quantitative estimate of drug-likeness (QED) is 0.733. The van der Waals surface area contributed by atoms with Gasteiger partial charge < -0.3 is 5.11 Å². The van der Waals surface area contributed by atoms with Crippen LogP contribution in [0.5, 0.6) is 0 Å². The summed E-state index contributed by atoms with van der Waals surface area (Å²) in [6.45, 7) is 0. The van der Waals surface area contributed by atoms with Gasteiger partial charge in [-0.2, -0.15) is 12.6 Å². The van der Waals surface area contributed by atoms with Gasteiger partial charge in [-0.25, -0.2) is 0 Å². The van der Waals surface area contributed by atoms with Gasteiger partial charge in [-0.15, -0.1) is 0 Å². The van der Waals surface area contributed by atoms with E-state index >= 15 is 0 Å². The molecule has 0 spiro atoms. The van der Waals surface area contributed by atoms with E-state index in [1.807, 2.05) is 30.3 Å². The van der Waals surface area contributed by atoms with Gasteiger partial charge in [0.15, 0.2) is 0 Å². The fourth-order valence-electron chi connectivity index (χ4n) is 1.29. The second kappa shape index (κ2) is 5.70. The minimum absolute atomic E-state index is 0.149. The molecule has 1 N–H and O–H groups in total. The largest absolute Gasteiger partial charge is 0.481 e. The summed E-state index contributed by atoms with van der Waals surface area (Å²) < 4.78 is 0. The molecule has 0 aliphatic carbocycles. The van der Waals surface area contributed by atoms with Crippen molar-refractivity contribution in [3.05, 3.63) is 35.9 Å². The van der Waals surface area contributed by atoms with Gasteiger partial charge >= 0.3 is 5.97 Å². The van der Waals surface area contributed by atoms with Crippen molar-refractivity contribution in [1.29, 1.82) is 0 Å². The molecular formula is C11H14O2S. The van der Waals surface area contributed by atoms with Crippen LogP contribution >= 0.6 is 12.6 Å². The number of carboxylic acid groups (broad SMARTS) is 1. The van der Waals surface area contributed by atoms with Crippen molar-refractivity contribution >= 4 is 18.6 Å². The Balaban J connectivity index is 2.36. The smallest absolute Gasteiger partial charge is 0.303 e. The molecule has 0 amide bonds. The molecule has 3 heteroatoms. The minimum Gasteiger partial charge on any atom is -0.481 e. The molecule has 1 rings (SSSR count). The van der Waals surface area contributed by atoms with Crippen LogP contribution in [0.25, 0.3) is 0 Å². The summed E-state index contributed by atoms with van der Waals surface area (Å²) in [5.74, 6) is -0.737. The second-order valence-electron chi connectivity index (χ2n) is 3.21. The van der Waals surface area contributed by atoms with E-state index in [0.717, 1.165) is 12.0 Å². The van der Waals surface area contributed by atoms with E-state index in [1.54, 1.807) is 0 Å². The normalized spacial score (nSPS) is 12.4. The number of rotatable bonds is 5. The van der Waals surface area contributed by atoms with Gasteiger partial charge in [0.2, 0.25) is 0 Å². The molecule has 0 saturated carbocycles. The van der Waals surface area contributed by atoms with Crippen molar-refractivity contribution < 1.29 is 9.90 Å². The standard InChI is InChI=1S/C11H14O2S/c12-11(13)8-4-7-10(14)9-5-2-1-3-6-9/h1-3,5-6,10,14H,4,7-8H2,(H,12,13). The Kier molecular flexibility index (Phi) is 4.53. The molecule has 14 heavy (non-hydrogen) atoms. The Bertz CT molecular complexity index is 285. The average molecular weight is 210 g/mol. The first kappa shape index (κ1) is 11.1. The van der Waals surface area contributed by atoms with E-state index < -0.39 is 5.97 Å². The molecule has 0 bridgehead atoms. The molecule has 0 aliphatic rings. The highest BCUT2D eigenvalue weighted by molar-refractivity contribution is 7.80. The molecule has 1 aromatic rings. The first-order valence-electron chi connectivity index (χ1n) is 4.65. The van der Waals surface area contributed by atoms with Crippen LogP contribution < -0.4 is 0 Å². The van der Waals surface area contributed by atoms with Gasteiger partial charge in [0.05, 0.1) is 0 Å². The lowest BCUT2D eigenvalue weighted by Crippen LogP contribution is -1.96. The second-order valence-corrected chi connectivity index (χ2v) is 3.84. The van der Waals surface area contributed by atoms with Crippen LogP contribution in [0.3, 0.4) is 0 Å². The fourth-order valence-corrected chi connectivity index (χ4v) is 1.64. The SMILES string of the molecule is O=C(O)CCCC(S)c1ccccc1. The number of aliphatic carboxylic acids is 1. The predicted octanol–water partition coefficient (Wildman–Crippen LogP) is 2.91. The summed E-state index contributed by atoms with van der Waals surface area (Å²) in [6, 6.07) is 9.92. The van der Waals surface area contributed by atoms with Crippen LogP contribution in [-0.2, 0) is 4.79 Å². The zero-order valence-electron chi connectivity index (χ0n) is 7.89. The predicted molar refractivity (Wildman–Crippen MR) is 59.7 cm³/mol. The van der Waals surface area contributed by atoms with E-state index in [2.05, 4.69) is 12.6 Å². The maximum atomic E-state index is 10.3. The molecule has 76 valence electrons.